The first-order valence-electron chi connectivity index (χ1n) is 7.82. The lowest BCUT2D eigenvalue weighted by atomic mass is 10.0. The number of allylic oxidation sites excluding steroid dienone is 5. The summed E-state index contributed by atoms with van der Waals surface area (Å²) in [4.78, 5) is 4.77. The zero-order valence-corrected chi connectivity index (χ0v) is 13.0. The van der Waals surface area contributed by atoms with Crippen LogP contribution >= 0.6 is 0 Å². The van der Waals surface area contributed by atoms with Crippen molar-refractivity contribution in [3.63, 3.8) is 0 Å². The van der Waals surface area contributed by atoms with Crippen LogP contribution in [0.5, 0.6) is 0 Å². The van der Waals surface area contributed by atoms with E-state index in [1.807, 2.05) is 0 Å². The zero-order valence-electron chi connectivity index (χ0n) is 13.0. The molecule has 1 aliphatic carbocycles. The number of fused-ring (bicyclic) bond motifs is 2. The molecule has 2 nitrogen and oxygen atoms in total. The normalized spacial score (nSPS) is 17.0. The van der Waals surface area contributed by atoms with E-state index in [1.54, 1.807) is 0 Å². The molecule has 0 fully saturated rings. The largest absolute Gasteiger partial charge is 0.341 e. The Bertz CT molecular complexity index is 593. The molecule has 0 amide bonds. The molecule has 0 radical (unpaired) electrons. The molecule has 1 aromatic rings. The van der Waals surface area contributed by atoms with Crippen molar-refractivity contribution in [1.29, 1.82) is 0 Å². The molecule has 1 aromatic carbocycles. The average Bonchev–Trinajstić information content (AvgIpc) is 2.65. The second kappa shape index (κ2) is 6.31. The molecule has 21 heavy (non-hydrogen) atoms. The van der Waals surface area contributed by atoms with E-state index in [4.69, 9.17) is 0 Å². The topological polar surface area (TPSA) is 6.48 Å². The van der Waals surface area contributed by atoms with Crippen LogP contribution in [0.25, 0.3) is 0 Å². The van der Waals surface area contributed by atoms with Gasteiger partial charge in [-0.05, 0) is 63.2 Å². The van der Waals surface area contributed by atoms with Gasteiger partial charge in [0.2, 0.25) is 0 Å². The number of hydrogen-bond acceptors (Lipinski definition) is 2. The molecule has 0 bridgehead atoms. The summed E-state index contributed by atoms with van der Waals surface area (Å²) in [5.41, 5.74) is 5.67. The molecule has 2 aliphatic rings. The van der Waals surface area contributed by atoms with Crippen molar-refractivity contribution in [3.8, 4) is 0 Å². The Labute approximate surface area is 128 Å². The molecule has 2 heteroatoms. The summed E-state index contributed by atoms with van der Waals surface area (Å²) in [6.45, 7) is 2.20. The van der Waals surface area contributed by atoms with Crippen molar-refractivity contribution in [2.24, 2.45) is 0 Å². The van der Waals surface area contributed by atoms with Crippen molar-refractivity contribution in [1.82, 2.24) is 4.90 Å². The van der Waals surface area contributed by atoms with Crippen LogP contribution in [0.3, 0.4) is 0 Å². The highest BCUT2D eigenvalue weighted by Crippen LogP contribution is 2.34. The van der Waals surface area contributed by atoms with Gasteiger partial charge in [-0.15, -0.1) is 0 Å². The van der Waals surface area contributed by atoms with E-state index in [2.05, 4.69) is 72.5 Å². The van der Waals surface area contributed by atoms with E-state index in [-0.39, 0.29) is 0 Å². The predicted octanol–water partition coefficient (Wildman–Crippen LogP) is 3.77. The van der Waals surface area contributed by atoms with Gasteiger partial charge in [0.1, 0.15) is 0 Å². The lowest BCUT2D eigenvalue weighted by Crippen LogP contribution is -2.28. The Morgan fingerprint density at radius 2 is 2.00 bits per heavy atom. The second-order valence-electron chi connectivity index (χ2n) is 6.05. The van der Waals surface area contributed by atoms with Crippen LogP contribution in [-0.2, 0) is 6.42 Å². The minimum Gasteiger partial charge on any atom is -0.341 e. The highest BCUT2D eigenvalue weighted by molar-refractivity contribution is 5.65. The van der Waals surface area contributed by atoms with Crippen molar-refractivity contribution < 1.29 is 0 Å². The molecule has 110 valence electrons. The Balaban J connectivity index is 1.92. The maximum Gasteiger partial charge on any atom is 0.0446 e. The Kier molecular flexibility index (Phi) is 4.26. The van der Waals surface area contributed by atoms with E-state index in [9.17, 15) is 0 Å². The maximum absolute atomic E-state index is 2.52. The van der Waals surface area contributed by atoms with Crippen LogP contribution in [0.2, 0.25) is 0 Å². The fourth-order valence-corrected chi connectivity index (χ4v) is 3.11. The van der Waals surface area contributed by atoms with E-state index in [0.29, 0.717) is 0 Å². The van der Waals surface area contributed by atoms with E-state index in [0.717, 1.165) is 25.9 Å². The first-order chi connectivity index (χ1) is 10.3. The molecule has 0 atom stereocenters. The number of anilines is 1. The molecule has 0 unspecified atom stereocenters. The van der Waals surface area contributed by atoms with Crippen LogP contribution in [0.4, 0.5) is 5.69 Å². The Morgan fingerprint density at radius 1 is 1.14 bits per heavy atom. The minimum absolute atomic E-state index is 1.04. The third kappa shape index (κ3) is 3.11. The summed E-state index contributed by atoms with van der Waals surface area (Å²) < 4.78 is 0. The Morgan fingerprint density at radius 3 is 2.86 bits per heavy atom. The van der Waals surface area contributed by atoms with Crippen LogP contribution < -0.4 is 4.90 Å². The van der Waals surface area contributed by atoms with Crippen molar-refractivity contribution >= 4 is 5.69 Å². The Hall–Kier alpha value is -1.80. The standard InChI is InChI=1S/C19H24N2/c1-20(2)14-7-15-21-18-10-5-3-8-16(18)12-13-17-9-4-6-11-19(17)21/h3-6,8,10-11,13H,7,9,12,14-15H2,1-2H3. The number of nitrogens with zero attached hydrogens (tertiary/aromatic N) is 2. The molecule has 0 aromatic heterocycles. The van der Waals surface area contributed by atoms with Crippen LogP contribution in [0.15, 0.2) is 59.8 Å². The van der Waals surface area contributed by atoms with Gasteiger partial charge < -0.3 is 9.80 Å². The summed E-state index contributed by atoms with van der Waals surface area (Å²) in [6.07, 6.45) is 12.4. The van der Waals surface area contributed by atoms with Gasteiger partial charge in [-0.2, -0.15) is 0 Å². The van der Waals surface area contributed by atoms with E-state index >= 15 is 0 Å². The van der Waals surface area contributed by atoms with Crippen LogP contribution in [0, 0.1) is 0 Å². The van der Waals surface area contributed by atoms with Gasteiger partial charge in [0.05, 0.1) is 0 Å². The molecular weight excluding hydrogens is 256 g/mol. The zero-order chi connectivity index (χ0) is 14.7. The fraction of sp³-hybridized carbons (Fsp3) is 0.368. The van der Waals surface area contributed by atoms with Gasteiger partial charge in [-0.3, -0.25) is 0 Å². The quantitative estimate of drug-likeness (QED) is 0.828. The van der Waals surface area contributed by atoms with Gasteiger partial charge in [0.15, 0.2) is 0 Å². The van der Waals surface area contributed by atoms with Gasteiger partial charge in [0, 0.05) is 17.9 Å². The van der Waals surface area contributed by atoms with Gasteiger partial charge in [0.25, 0.3) is 0 Å². The summed E-state index contributed by atoms with van der Waals surface area (Å²) in [6, 6.07) is 8.83. The van der Waals surface area contributed by atoms with Gasteiger partial charge in [-0.1, -0.05) is 36.4 Å². The second-order valence-corrected chi connectivity index (χ2v) is 6.05. The summed E-state index contributed by atoms with van der Waals surface area (Å²) in [5, 5.41) is 0. The fourth-order valence-electron chi connectivity index (χ4n) is 3.11. The van der Waals surface area contributed by atoms with Crippen LogP contribution in [-0.4, -0.2) is 32.1 Å². The van der Waals surface area contributed by atoms with Gasteiger partial charge in [-0.25, -0.2) is 0 Å². The first-order valence-corrected chi connectivity index (χ1v) is 7.82. The van der Waals surface area contributed by atoms with E-state index < -0.39 is 0 Å². The monoisotopic (exact) mass is 280 g/mol. The molecule has 0 spiro atoms. The third-order valence-corrected chi connectivity index (χ3v) is 4.19. The highest BCUT2D eigenvalue weighted by atomic mass is 15.2. The predicted molar refractivity (Wildman–Crippen MR) is 90.6 cm³/mol. The first kappa shape index (κ1) is 14.2. The smallest absolute Gasteiger partial charge is 0.0446 e. The maximum atomic E-state index is 2.52. The number of hydrogen-bond donors (Lipinski definition) is 0. The van der Waals surface area contributed by atoms with E-state index in [1.165, 1.54) is 28.9 Å². The number of rotatable bonds is 4. The molecule has 1 aliphatic heterocycles. The molecule has 0 saturated carbocycles. The minimum atomic E-state index is 1.04. The van der Waals surface area contributed by atoms with Crippen molar-refractivity contribution in [2.45, 2.75) is 19.3 Å². The lowest BCUT2D eigenvalue weighted by molar-refractivity contribution is 0.402. The molecule has 3 rings (SSSR count). The summed E-state index contributed by atoms with van der Waals surface area (Å²) >= 11 is 0. The number of benzene rings is 1. The molecule has 0 saturated heterocycles. The lowest BCUT2D eigenvalue weighted by Gasteiger charge is -2.30. The molecule has 0 N–H and O–H groups in total. The summed E-state index contributed by atoms with van der Waals surface area (Å²) in [5.74, 6) is 0. The highest BCUT2D eigenvalue weighted by Gasteiger charge is 2.21. The molecular formula is C19H24N2. The SMILES string of the molecule is CN(C)CCCN1C2=CC=CCC2=CCc2ccccc21. The van der Waals surface area contributed by atoms with Gasteiger partial charge >= 0.3 is 0 Å². The van der Waals surface area contributed by atoms with Crippen molar-refractivity contribution in [3.05, 3.63) is 65.4 Å². The molecule has 1 heterocycles. The van der Waals surface area contributed by atoms with Crippen molar-refractivity contribution in [2.75, 3.05) is 32.1 Å². The third-order valence-electron chi connectivity index (χ3n) is 4.19. The number of para-hydroxylation sites is 1. The van der Waals surface area contributed by atoms with Crippen LogP contribution in [0.1, 0.15) is 18.4 Å². The summed E-state index contributed by atoms with van der Waals surface area (Å²) in [7, 11) is 4.29. The average molecular weight is 280 g/mol.